The Bertz CT molecular complexity index is 757. The number of nitrogens with zero attached hydrogens (tertiary/aromatic N) is 1. The molecule has 1 aliphatic carbocycles. The van der Waals surface area contributed by atoms with Gasteiger partial charge in [-0.3, -0.25) is 4.79 Å². The van der Waals surface area contributed by atoms with Gasteiger partial charge in [0, 0.05) is 41.6 Å². The van der Waals surface area contributed by atoms with Crippen molar-refractivity contribution in [1.82, 2.24) is 9.62 Å². The van der Waals surface area contributed by atoms with Gasteiger partial charge in [-0.05, 0) is 43.4 Å². The van der Waals surface area contributed by atoms with Crippen LogP contribution in [0.25, 0.3) is 0 Å². The van der Waals surface area contributed by atoms with Crippen molar-refractivity contribution >= 4 is 39.3 Å². The Kier molecular flexibility index (Phi) is 8.71. The molecule has 2 aliphatic rings. The van der Waals surface area contributed by atoms with E-state index in [1.165, 1.54) is 36.4 Å². The second kappa shape index (κ2) is 11.0. The molecule has 0 aromatic heterocycles. The Hall–Kier alpha value is -0.760. The third-order valence-electron chi connectivity index (χ3n) is 5.79. The van der Waals surface area contributed by atoms with E-state index in [2.05, 4.69) is 5.32 Å². The van der Waals surface area contributed by atoms with Gasteiger partial charge >= 0.3 is 0 Å². The van der Waals surface area contributed by atoms with E-state index < -0.39 is 10.0 Å². The largest absolute Gasteiger partial charge is 0.355 e. The Labute approximate surface area is 184 Å². The summed E-state index contributed by atoms with van der Waals surface area (Å²) < 4.78 is 26.9. The second-order valence-electron chi connectivity index (χ2n) is 7.98. The zero-order valence-electron chi connectivity index (χ0n) is 16.8. The van der Waals surface area contributed by atoms with Crippen LogP contribution < -0.4 is 5.32 Å². The maximum Gasteiger partial charge on any atom is 0.223 e. The number of thioether (sulfide) groups is 1. The van der Waals surface area contributed by atoms with Crippen LogP contribution in [-0.2, 0) is 20.6 Å². The molecule has 1 saturated heterocycles. The highest BCUT2D eigenvalue weighted by Gasteiger charge is 2.31. The first-order chi connectivity index (χ1) is 13.9. The first-order valence-electron chi connectivity index (χ1n) is 10.6. The van der Waals surface area contributed by atoms with Crippen molar-refractivity contribution in [1.29, 1.82) is 0 Å². The van der Waals surface area contributed by atoms with Crippen molar-refractivity contribution < 1.29 is 13.2 Å². The highest BCUT2D eigenvalue weighted by molar-refractivity contribution is 7.99. The van der Waals surface area contributed by atoms with Crippen LogP contribution in [0, 0.1) is 5.92 Å². The SMILES string of the molecule is O=C(NCCSC1CCCCC1)C1CCN(S(=O)(=O)Cc2ccc(Cl)cc2)CC1. The monoisotopic (exact) mass is 458 g/mol. The number of carbonyl (C=O) groups is 1. The molecular formula is C21H31ClN2O3S2. The van der Waals surface area contributed by atoms with E-state index >= 15 is 0 Å². The van der Waals surface area contributed by atoms with Crippen LogP contribution in [0.15, 0.2) is 24.3 Å². The molecule has 1 aliphatic heterocycles. The molecule has 1 aromatic rings. The van der Waals surface area contributed by atoms with Gasteiger partial charge in [-0.1, -0.05) is 43.0 Å². The average Bonchev–Trinajstić information content (AvgIpc) is 2.73. The molecule has 0 spiro atoms. The molecule has 29 heavy (non-hydrogen) atoms. The average molecular weight is 459 g/mol. The van der Waals surface area contributed by atoms with E-state index in [9.17, 15) is 13.2 Å². The first-order valence-corrected chi connectivity index (χ1v) is 13.6. The summed E-state index contributed by atoms with van der Waals surface area (Å²) >= 11 is 7.84. The molecule has 1 saturated carbocycles. The lowest BCUT2D eigenvalue weighted by Crippen LogP contribution is -2.43. The molecule has 0 unspecified atom stereocenters. The first kappa shape index (κ1) is 22.9. The summed E-state index contributed by atoms with van der Waals surface area (Å²) in [7, 11) is -3.38. The van der Waals surface area contributed by atoms with Crippen molar-refractivity contribution in [2.24, 2.45) is 5.92 Å². The second-order valence-corrected chi connectivity index (χ2v) is 11.8. The number of hydrogen-bond acceptors (Lipinski definition) is 4. The third-order valence-corrected chi connectivity index (χ3v) is 9.27. The van der Waals surface area contributed by atoms with Crippen LogP contribution >= 0.6 is 23.4 Å². The summed E-state index contributed by atoms with van der Waals surface area (Å²) in [5.74, 6) is 0.921. The van der Waals surface area contributed by atoms with Crippen LogP contribution in [0.5, 0.6) is 0 Å². The molecule has 1 amide bonds. The highest BCUT2D eigenvalue weighted by atomic mass is 35.5. The molecule has 1 N–H and O–H groups in total. The number of sulfonamides is 1. The van der Waals surface area contributed by atoms with Crippen molar-refractivity contribution in [3.8, 4) is 0 Å². The van der Waals surface area contributed by atoms with E-state index in [1.54, 1.807) is 24.3 Å². The molecule has 2 fully saturated rings. The summed E-state index contributed by atoms with van der Waals surface area (Å²) in [4.78, 5) is 12.4. The number of carbonyl (C=O) groups excluding carboxylic acids is 1. The van der Waals surface area contributed by atoms with E-state index in [4.69, 9.17) is 11.6 Å². The number of halogens is 1. The minimum absolute atomic E-state index is 0.0284. The molecule has 0 bridgehead atoms. The number of amides is 1. The predicted octanol–water partition coefficient (Wildman–Crippen LogP) is 4.06. The predicted molar refractivity (Wildman–Crippen MR) is 121 cm³/mol. The number of hydrogen-bond donors (Lipinski definition) is 1. The minimum Gasteiger partial charge on any atom is -0.355 e. The lowest BCUT2D eigenvalue weighted by Gasteiger charge is -2.30. The van der Waals surface area contributed by atoms with Crippen molar-refractivity contribution in [3.05, 3.63) is 34.9 Å². The van der Waals surface area contributed by atoms with Gasteiger partial charge in [0.25, 0.3) is 0 Å². The van der Waals surface area contributed by atoms with E-state index in [-0.39, 0.29) is 17.6 Å². The molecule has 1 aromatic carbocycles. The lowest BCUT2D eigenvalue weighted by atomic mass is 9.97. The quantitative estimate of drug-likeness (QED) is 0.596. The molecule has 0 atom stereocenters. The topological polar surface area (TPSA) is 66.5 Å². The fourth-order valence-corrected chi connectivity index (χ4v) is 6.96. The Morgan fingerprint density at radius 1 is 1.07 bits per heavy atom. The summed E-state index contributed by atoms with van der Waals surface area (Å²) in [5, 5.41) is 4.40. The molecule has 3 rings (SSSR count). The van der Waals surface area contributed by atoms with Crippen LogP contribution in [-0.4, -0.2) is 49.3 Å². The van der Waals surface area contributed by atoms with Crippen LogP contribution in [0.4, 0.5) is 0 Å². The van der Waals surface area contributed by atoms with Gasteiger partial charge in [0.05, 0.1) is 5.75 Å². The highest BCUT2D eigenvalue weighted by Crippen LogP contribution is 2.28. The van der Waals surface area contributed by atoms with Crippen molar-refractivity contribution in [2.45, 2.75) is 55.9 Å². The summed E-state index contributed by atoms with van der Waals surface area (Å²) in [6.45, 7) is 1.52. The van der Waals surface area contributed by atoms with E-state index in [0.29, 0.717) is 37.5 Å². The Balaban J connectivity index is 1.37. The summed E-state index contributed by atoms with van der Waals surface area (Å²) in [5.41, 5.74) is 0.727. The molecule has 162 valence electrons. The number of nitrogens with one attached hydrogen (secondary N) is 1. The number of piperidine rings is 1. The van der Waals surface area contributed by atoms with Crippen LogP contribution in [0.1, 0.15) is 50.5 Å². The van der Waals surface area contributed by atoms with Crippen molar-refractivity contribution in [2.75, 3.05) is 25.4 Å². The minimum atomic E-state index is -3.38. The smallest absolute Gasteiger partial charge is 0.223 e. The lowest BCUT2D eigenvalue weighted by molar-refractivity contribution is -0.125. The number of rotatable bonds is 8. The summed E-state index contributed by atoms with van der Waals surface area (Å²) in [6.07, 6.45) is 7.82. The standard InChI is InChI=1S/C21H31ClN2O3S2/c22-19-8-6-17(7-9-19)16-29(26,27)24-13-10-18(11-14-24)21(25)23-12-15-28-20-4-2-1-3-5-20/h6-9,18,20H,1-5,10-16H2,(H,23,25). The fourth-order valence-electron chi connectivity index (χ4n) is 4.05. The van der Waals surface area contributed by atoms with Crippen molar-refractivity contribution in [3.63, 3.8) is 0 Å². The Morgan fingerprint density at radius 2 is 1.72 bits per heavy atom. The van der Waals surface area contributed by atoms with E-state index in [0.717, 1.165) is 16.6 Å². The molecule has 8 heteroatoms. The van der Waals surface area contributed by atoms with Gasteiger partial charge in [-0.15, -0.1) is 0 Å². The van der Waals surface area contributed by atoms with Crippen LogP contribution in [0.2, 0.25) is 5.02 Å². The van der Waals surface area contributed by atoms with E-state index in [1.807, 2.05) is 11.8 Å². The van der Waals surface area contributed by atoms with Gasteiger partial charge in [-0.2, -0.15) is 11.8 Å². The van der Waals surface area contributed by atoms with Crippen LogP contribution in [0.3, 0.4) is 0 Å². The Morgan fingerprint density at radius 3 is 2.38 bits per heavy atom. The third kappa shape index (κ3) is 7.16. The maximum absolute atomic E-state index is 12.7. The molecule has 5 nitrogen and oxygen atoms in total. The van der Waals surface area contributed by atoms with Gasteiger partial charge < -0.3 is 5.32 Å². The van der Waals surface area contributed by atoms with Gasteiger partial charge in [0.15, 0.2) is 0 Å². The normalized spacial score (nSPS) is 19.9. The maximum atomic E-state index is 12.7. The zero-order valence-corrected chi connectivity index (χ0v) is 19.2. The van der Waals surface area contributed by atoms with Gasteiger partial charge in [0.2, 0.25) is 15.9 Å². The van der Waals surface area contributed by atoms with Gasteiger partial charge in [-0.25, -0.2) is 12.7 Å². The number of benzene rings is 1. The molecule has 0 radical (unpaired) electrons. The molecule has 1 heterocycles. The molecular weight excluding hydrogens is 428 g/mol. The summed E-state index contributed by atoms with van der Waals surface area (Å²) in [6, 6.07) is 6.89. The zero-order chi connectivity index (χ0) is 20.7. The fraction of sp³-hybridized carbons (Fsp3) is 0.667. The van der Waals surface area contributed by atoms with Gasteiger partial charge in [0.1, 0.15) is 0 Å².